The van der Waals surface area contributed by atoms with Crippen molar-refractivity contribution in [3.8, 4) is 0 Å². The average Bonchev–Trinajstić information content (AvgIpc) is 2.84. The molecule has 0 aliphatic rings. The zero-order valence-electron chi connectivity index (χ0n) is 9.93. The summed E-state index contributed by atoms with van der Waals surface area (Å²) in [6, 6.07) is 5.49. The highest BCUT2D eigenvalue weighted by Crippen LogP contribution is 2.21. The summed E-state index contributed by atoms with van der Waals surface area (Å²) >= 11 is 5.54. The number of carbonyl (C=O) groups excluding carboxylic acids is 1. The van der Waals surface area contributed by atoms with Gasteiger partial charge >= 0.3 is 0 Å². The average molecular weight is 292 g/mol. The first-order valence-corrected chi connectivity index (χ1v) is 5.97. The number of halogens is 2. The molecule has 7 heteroatoms. The van der Waals surface area contributed by atoms with Gasteiger partial charge in [0.25, 0.3) is 5.91 Å². The van der Waals surface area contributed by atoms with Crippen molar-refractivity contribution in [2.24, 2.45) is 0 Å². The van der Waals surface area contributed by atoms with E-state index in [9.17, 15) is 9.18 Å². The van der Waals surface area contributed by atoms with Crippen LogP contribution in [0.15, 0.2) is 41.1 Å². The summed E-state index contributed by atoms with van der Waals surface area (Å²) in [4.78, 5) is 19.4. The summed E-state index contributed by atoms with van der Waals surface area (Å²) in [5.41, 5.74) is 0.815. The van der Waals surface area contributed by atoms with Crippen LogP contribution in [-0.4, -0.2) is 15.9 Å². The van der Waals surface area contributed by atoms with Crippen molar-refractivity contribution in [1.82, 2.24) is 9.97 Å². The Morgan fingerprint density at radius 1 is 1.25 bits per heavy atom. The van der Waals surface area contributed by atoms with Crippen LogP contribution in [0.5, 0.6) is 0 Å². The maximum absolute atomic E-state index is 13.1. The normalized spacial score (nSPS) is 10.7. The molecule has 0 fully saturated rings. The maximum atomic E-state index is 13.1. The lowest BCUT2D eigenvalue weighted by atomic mass is 10.2. The van der Waals surface area contributed by atoms with Crippen molar-refractivity contribution >= 4 is 34.2 Å². The lowest BCUT2D eigenvalue weighted by molar-refractivity contribution is 0.0998. The minimum atomic E-state index is -0.479. The predicted molar refractivity (Wildman–Crippen MR) is 71.2 cm³/mol. The van der Waals surface area contributed by atoms with E-state index in [1.54, 1.807) is 0 Å². The molecule has 1 aromatic carbocycles. The van der Waals surface area contributed by atoms with Crippen molar-refractivity contribution in [2.45, 2.75) is 0 Å². The molecule has 0 unspecified atom stereocenters. The first-order valence-electron chi connectivity index (χ1n) is 5.60. The highest BCUT2D eigenvalue weighted by molar-refractivity contribution is 6.28. The molecule has 2 heterocycles. The number of carbonyl (C=O) groups is 1. The zero-order chi connectivity index (χ0) is 14.1. The van der Waals surface area contributed by atoms with Gasteiger partial charge in [-0.05, 0) is 35.9 Å². The van der Waals surface area contributed by atoms with Crippen LogP contribution in [0.25, 0.3) is 11.0 Å². The summed E-state index contributed by atoms with van der Waals surface area (Å²) in [5.74, 6) is -0.801. The summed E-state index contributed by atoms with van der Waals surface area (Å²) in [6.07, 6.45) is 2.74. The Bertz CT molecular complexity index is 786. The Balaban J connectivity index is 1.86. The fourth-order valence-electron chi connectivity index (χ4n) is 1.70. The standard InChI is InChI=1S/C13H7ClFN3O2/c14-13-16-5-9(6-17-13)18-12(19)11-4-7-3-8(15)1-2-10(7)20-11/h1-6H,(H,18,19). The molecule has 0 atom stereocenters. The molecular formula is C13H7ClFN3O2. The molecule has 1 amide bonds. The number of furan rings is 1. The minimum absolute atomic E-state index is 0.0700. The van der Waals surface area contributed by atoms with Gasteiger partial charge in [0.05, 0.1) is 18.1 Å². The lowest BCUT2D eigenvalue weighted by Gasteiger charge is -2.01. The van der Waals surface area contributed by atoms with E-state index >= 15 is 0 Å². The molecule has 0 saturated carbocycles. The topological polar surface area (TPSA) is 68.0 Å². The van der Waals surface area contributed by atoms with Gasteiger partial charge < -0.3 is 9.73 Å². The number of aromatic nitrogens is 2. The second-order valence-corrected chi connectivity index (χ2v) is 4.33. The third kappa shape index (κ3) is 2.46. The third-order valence-electron chi connectivity index (χ3n) is 2.58. The van der Waals surface area contributed by atoms with Gasteiger partial charge in [-0.25, -0.2) is 14.4 Å². The summed E-state index contributed by atoms with van der Waals surface area (Å²) in [6.45, 7) is 0. The molecule has 100 valence electrons. The van der Waals surface area contributed by atoms with E-state index in [-0.39, 0.29) is 11.0 Å². The summed E-state index contributed by atoms with van der Waals surface area (Å²) in [7, 11) is 0. The Labute approximate surface area is 117 Å². The molecule has 0 spiro atoms. The molecule has 3 rings (SSSR count). The third-order valence-corrected chi connectivity index (χ3v) is 2.78. The van der Waals surface area contributed by atoms with Gasteiger partial charge in [-0.1, -0.05) is 0 Å². The van der Waals surface area contributed by atoms with Crippen molar-refractivity contribution in [3.05, 3.63) is 53.5 Å². The van der Waals surface area contributed by atoms with E-state index in [4.69, 9.17) is 16.0 Å². The molecule has 0 aliphatic carbocycles. The number of rotatable bonds is 2. The predicted octanol–water partition coefficient (Wildman–Crippen LogP) is 3.27. The number of anilines is 1. The van der Waals surface area contributed by atoms with E-state index in [0.29, 0.717) is 16.7 Å². The lowest BCUT2D eigenvalue weighted by Crippen LogP contribution is -2.11. The Hall–Kier alpha value is -2.47. The highest BCUT2D eigenvalue weighted by Gasteiger charge is 2.13. The van der Waals surface area contributed by atoms with Crippen LogP contribution in [0.3, 0.4) is 0 Å². The van der Waals surface area contributed by atoms with Gasteiger partial charge in [0.2, 0.25) is 5.28 Å². The molecule has 0 saturated heterocycles. The first-order chi connectivity index (χ1) is 9.61. The van der Waals surface area contributed by atoms with Gasteiger partial charge in [-0.3, -0.25) is 4.79 Å². The molecule has 5 nitrogen and oxygen atoms in total. The number of amides is 1. The van der Waals surface area contributed by atoms with E-state index in [1.165, 1.54) is 36.7 Å². The molecule has 0 bridgehead atoms. The van der Waals surface area contributed by atoms with E-state index < -0.39 is 11.7 Å². The zero-order valence-corrected chi connectivity index (χ0v) is 10.7. The largest absolute Gasteiger partial charge is 0.451 e. The van der Waals surface area contributed by atoms with Gasteiger partial charge in [0.1, 0.15) is 11.4 Å². The molecule has 20 heavy (non-hydrogen) atoms. The molecule has 0 radical (unpaired) electrons. The van der Waals surface area contributed by atoms with Crippen molar-refractivity contribution in [1.29, 1.82) is 0 Å². The first kappa shape index (κ1) is 12.6. The SMILES string of the molecule is O=C(Nc1cnc(Cl)nc1)c1cc2cc(F)ccc2o1. The fraction of sp³-hybridized carbons (Fsp3) is 0. The highest BCUT2D eigenvalue weighted by atomic mass is 35.5. The van der Waals surface area contributed by atoms with E-state index in [2.05, 4.69) is 15.3 Å². The second-order valence-electron chi connectivity index (χ2n) is 3.99. The van der Waals surface area contributed by atoms with E-state index in [1.807, 2.05) is 0 Å². The maximum Gasteiger partial charge on any atom is 0.291 e. The number of hydrogen-bond acceptors (Lipinski definition) is 4. The summed E-state index contributed by atoms with van der Waals surface area (Å²) in [5, 5.41) is 3.15. The van der Waals surface area contributed by atoms with Crippen molar-refractivity contribution in [3.63, 3.8) is 0 Å². The molecule has 3 aromatic rings. The van der Waals surface area contributed by atoms with Crippen LogP contribution in [0.1, 0.15) is 10.6 Å². The number of benzene rings is 1. The number of fused-ring (bicyclic) bond motifs is 1. The van der Waals surface area contributed by atoms with Crippen LogP contribution in [0.2, 0.25) is 5.28 Å². The Morgan fingerprint density at radius 2 is 2.00 bits per heavy atom. The summed E-state index contributed by atoms with van der Waals surface area (Å²) < 4.78 is 18.4. The molecular weight excluding hydrogens is 285 g/mol. The quantitative estimate of drug-likeness (QED) is 0.736. The van der Waals surface area contributed by atoms with Crippen LogP contribution >= 0.6 is 11.6 Å². The van der Waals surface area contributed by atoms with Gasteiger partial charge in [-0.2, -0.15) is 0 Å². The van der Waals surface area contributed by atoms with Gasteiger partial charge in [-0.15, -0.1) is 0 Å². The van der Waals surface area contributed by atoms with Gasteiger partial charge in [0, 0.05) is 5.39 Å². The molecule has 0 aliphatic heterocycles. The minimum Gasteiger partial charge on any atom is -0.451 e. The van der Waals surface area contributed by atoms with Crippen LogP contribution in [-0.2, 0) is 0 Å². The van der Waals surface area contributed by atoms with E-state index in [0.717, 1.165) is 0 Å². The Kier molecular flexibility index (Phi) is 3.08. The fourth-order valence-corrected chi connectivity index (χ4v) is 1.79. The van der Waals surface area contributed by atoms with Gasteiger partial charge in [0.15, 0.2) is 5.76 Å². The second kappa shape index (κ2) is 4.90. The monoisotopic (exact) mass is 291 g/mol. The van der Waals surface area contributed by atoms with Crippen LogP contribution < -0.4 is 5.32 Å². The number of nitrogens with one attached hydrogen (secondary N) is 1. The van der Waals surface area contributed by atoms with Crippen LogP contribution in [0, 0.1) is 5.82 Å². The number of hydrogen-bond donors (Lipinski definition) is 1. The van der Waals surface area contributed by atoms with Crippen molar-refractivity contribution in [2.75, 3.05) is 5.32 Å². The molecule has 2 aromatic heterocycles. The Morgan fingerprint density at radius 3 is 2.75 bits per heavy atom. The van der Waals surface area contributed by atoms with Crippen LogP contribution in [0.4, 0.5) is 10.1 Å². The molecule has 1 N–H and O–H groups in total. The van der Waals surface area contributed by atoms with Crippen molar-refractivity contribution < 1.29 is 13.6 Å². The number of nitrogens with zero attached hydrogens (tertiary/aromatic N) is 2. The smallest absolute Gasteiger partial charge is 0.291 e.